The van der Waals surface area contributed by atoms with E-state index in [9.17, 15) is 4.79 Å². The fraction of sp³-hybridized carbons (Fsp3) is 0.462. The average Bonchev–Trinajstić information content (AvgIpc) is 2.18. The largest absolute Gasteiger partial charge is 0.480 e. The van der Waals surface area contributed by atoms with Crippen molar-refractivity contribution >= 4 is 5.97 Å². The highest BCUT2D eigenvalue weighted by molar-refractivity contribution is 5.76. The quantitative estimate of drug-likeness (QED) is 0.817. The first-order chi connectivity index (χ1) is 7.39. The van der Waals surface area contributed by atoms with Crippen LogP contribution in [-0.2, 0) is 10.2 Å². The number of hydrogen-bond donors (Lipinski definition) is 2. The molecule has 3 heteroatoms. The molecule has 0 radical (unpaired) electrons. The fourth-order valence-corrected chi connectivity index (χ4v) is 1.94. The molecule has 1 aromatic carbocycles. The number of hydrogen-bond acceptors (Lipinski definition) is 2. The number of benzene rings is 1. The van der Waals surface area contributed by atoms with Gasteiger partial charge in [-0.25, -0.2) is 0 Å². The molecule has 0 saturated heterocycles. The minimum atomic E-state index is -0.826. The van der Waals surface area contributed by atoms with E-state index in [4.69, 9.17) is 5.11 Å². The van der Waals surface area contributed by atoms with Crippen LogP contribution in [0, 0.1) is 6.92 Å². The van der Waals surface area contributed by atoms with E-state index >= 15 is 0 Å². The standard InChI is InChI=1S/C13H19NO2/c1-9-5-7-10(8-6-9)13(2,3)11(14-4)12(15)16/h5-8,11,14H,1-4H3,(H,15,16)/t11-/m1/s1. The maximum Gasteiger partial charge on any atom is 0.321 e. The monoisotopic (exact) mass is 221 g/mol. The van der Waals surface area contributed by atoms with Crippen molar-refractivity contribution in [3.8, 4) is 0 Å². The van der Waals surface area contributed by atoms with Crippen LogP contribution in [-0.4, -0.2) is 24.2 Å². The Kier molecular flexibility index (Phi) is 3.70. The number of carboxylic acids is 1. The molecule has 0 aliphatic heterocycles. The lowest BCUT2D eigenvalue weighted by atomic mass is 9.77. The van der Waals surface area contributed by atoms with Crippen LogP contribution in [0.25, 0.3) is 0 Å². The van der Waals surface area contributed by atoms with Crippen LogP contribution < -0.4 is 5.32 Å². The Morgan fingerprint density at radius 1 is 1.31 bits per heavy atom. The van der Waals surface area contributed by atoms with Crippen LogP contribution in [0.3, 0.4) is 0 Å². The van der Waals surface area contributed by atoms with Crippen LogP contribution in [0.5, 0.6) is 0 Å². The van der Waals surface area contributed by atoms with E-state index < -0.39 is 17.4 Å². The third-order valence-corrected chi connectivity index (χ3v) is 3.05. The van der Waals surface area contributed by atoms with E-state index in [1.807, 2.05) is 45.0 Å². The Labute approximate surface area is 96.5 Å². The fourth-order valence-electron chi connectivity index (χ4n) is 1.94. The zero-order chi connectivity index (χ0) is 12.3. The predicted molar refractivity (Wildman–Crippen MR) is 64.7 cm³/mol. The zero-order valence-electron chi connectivity index (χ0n) is 10.2. The van der Waals surface area contributed by atoms with Gasteiger partial charge in [0, 0.05) is 5.41 Å². The van der Waals surface area contributed by atoms with Gasteiger partial charge < -0.3 is 10.4 Å². The summed E-state index contributed by atoms with van der Waals surface area (Å²) in [7, 11) is 1.68. The molecular formula is C13H19NO2. The number of nitrogens with one attached hydrogen (secondary N) is 1. The Hall–Kier alpha value is -1.35. The molecule has 0 aliphatic carbocycles. The second kappa shape index (κ2) is 4.66. The smallest absolute Gasteiger partial charge is 0.321 e. The third kappa shape index (κ3) is 2.42. The average molecular weight is 221 g/mol. The summed E-state index contributed by atoms with van der Waals surface area (Å²) in [6.45, 7) is 5.89. The lowest BCUT2D eigenvalue weighted by Gasteiger charge is -2.31. The number of likely N-dealkylation sites (N-methyl/N-ethyl adjacent to an activating group) is 1. The molecule has 1 rings (SSSR count). The minimum absolute atomic E-state index is 0.436. The molecule has 88 valence electrons. The van der Waals surface area contributed by atoms with Crippen LogP contribution in [0.15, 0.2) is 24.3 Å². The first-order valence-corrected chi connectivity index (χ1v) is 5.37. The summed E-state index contributed by atoms with van der Waals surface area (Å²) >= 11 is 0. The second-order valence-electron chi connectivity index (χ2n) is 4.65. The predicted octanol–water partition coefficient (Wildman–Crippen LogP) is 1.95. The maximum atomic E-state index is 11.2. The Balaban J connectivity index is 3.08. The molecule has 2 N–H and O–H groups in total. The number of aryl methyl sites for hydroxylation is 1. The molecule has 0 heterocycles. The highest BCUT2D eigenvalue weighted by Gasteiger charge is 2.35. The van der Waals surface area contributed by atoms with Gasteiger partial charge in [0.1, 0.15) is 6.04 Å². The molecule has 0 fully saturated rings. The number of carboxylic acid groups (broad SMARTS) is 1. The van der Waals surface area contributed by atoms with E-state index in [-0.39, 0.29) is 0 Å². The first-order valence-electron chi connectivity index (χ1n) is 5.37. The topological polar surface area (TPSA) is 49.3 Å². The van der Waals surface area contributed by atoms with E-state index in [1.165, 1.54) is 5.56 Å². The molecule has 3 nitrogen and oxygen atoms in total. The van der Waals surface area contributed by atoms with E-state index in [0.29, 0.717) is 0 Å². The van der Waals surface area contributed by atoms with Gasteiger partial charge in [-0.3, -0.25) is 4.79 Å². The number of carbonyl (C=O) groups is 1. The van der Waals surface area contributed by atoms with Crippen molar-refractivity contribution in [1.82, 2.24) is 5.32 Å². The van der Waals surface area contributed by atoms with Gasteiger partial charge in [0.05, 0.1) is 0 Å². The molecule has 1 atom stereocenters. The number of rotatable bonds is 4. The maximum absolute atomic E-state index is 11.2. The zero-order valence-corrected chi connectivity index (χ0v) is 10.2. The lowest BCUT2D eigenvalue weighted by molar-refractivity contribution is -0.141. The van der Waals surface area contributed by atoms with Crippen LogP contribution in [0.1, 0.15) is 25.0 Å². The van der Waals surface area contributed by atoms with Gasteiger partial charge in [0.2, 0.25) is 0 Å². The molecule has 0 spiro atoms. The summed E-state index contributed by atoms with van der Waals surface area (Å²) in [5.74, 6) is -0.826. The first kappa shape index (κ1) is 12.7. The van der Waals surface area contributed by atoms with Crippen molar-refractivity contribution in [2.24, 2.45) is 0 Å². The Bertz CT molecular complexity index is 368. The van der Waals surface area contributed by atoms with E-state index in [2.05, 4.69) is 5.32 Å². The SMILES string of the molecule is CN[C@H](C(=O)O)C(C)(C)c1ccc(C)cc1. The molecular weight excluding hydrogens is 202 g/mol. The molecule has 0 bridgehead atoms. The van der Waals surface area contributed by atoms with Crippen molar-refractivity contribution < 1.29 is 9.90 Å². The number of aliphatic carboxylic acids is 1. The molecule has 1 aromatic rings. The van der Waals surface area contributed by atoms with E-state index in [1.54, 1.807) is 7.05 Å². The van der Waals surface area contributed by atoms with E-state index in [0.717, 1.165) is 5.56 Å². The van der Waals surface area contributed by atoms with Gasteiger partial charge in [-0.1, -0.05) is 43.7 Å². The van der Waals surface area contributed by atoms with Gasteiger partial charge in [-0.15, -0.1) is 0 Å². The van der Waals surface area contributed by atoms with Gasteiger partial charge in [0.25, 0.3) is 0 Å². The summed E-state index contributed by atoms with van der Waals surface area (Å²) < 4.78 is 0. The van der Waals surface area contributed by atoms with Crippen LogP contribution >= 0.6 is 0 Å². The van der Waals surface area contributed by atoms with Gasteiger partial charge >= 0.3 is 5.97 Å². The summed E-state index contributed by atoms with van der Waals surface area (Å²) in [5, 5.41) is 12.0. The second-order valence-corrected chi connectivity index (χ2v) is 4.65. The summed E-state index contributed by atoms with van der Waals surface area (Å²) in [6.07, 6.45) is 0. The van der Waals surface area contributed by atoms with Crippen molar-refractivity contribution in [1.29, 1.82) is 0 Å². The van der Waals surface area contributed by atoms with Crippen molar-refractivity contribution in [3.63, 3.8) is 0 Å². The van der Waals surface area contributed by atoms with Crippen LogP contribution in [0.2, 0.25) is 0 Å². The minimum Gasteiger partial charge on any atom is -0.480 e. The van der Waals surface area contributed by atoms with Gasteiger partial charge in [-0.2, -0.15) is 0 Å². The van der Waals surface area contributed by atoms with Crippen molar-refractivity contribution in [3.05, 3.63) is 35.4 Å². The van der Waals surface area contributed by atoms with Gasteiger partial charge in [0.15, 0.2) is 0 Å². The van der Waals surface area contributed by atoms with Crippen molar-refractivity contribution in [2.75, 3.05) is 7.05 Å². The third-order valence-electron chi connectivity index (χ3n) is 3.05. The highest BCUT2D eigenvalue weighted by Crippen LogP contribution is 2.27. The summed E-state index contributed by atoms with van der Waals surface area (Å²) in [6, 6.07) is 7.40. The lowest BCUT2D eigenvalue weighted by Crippen LogP contribution is -2.48. The summed E-state index contributed by atoms with van der Waals surface area (Å²) in [4.78, 5) is 11.2. The summed E-state index contributed by atoms with van der Waals surface area (Å²) in [5.41, 5.74) is 1.77. The normalized spacial score (nSPS) is 13.5. The van der Waals surface area contributed by atoms with Crippen LogP contribution in [0.4, 0.5) is 0 Å². The molecule has 0 aliphatic rings. The Morgan fingerprint density at radius 3 is 2.19 bits per heavy atom. The van der Waals surface area contributed by atoms with Crippen molar-refractivity contribution in [2.45, 2.75) is 32.2 Å². The van der Waals surface area contributed by atoms with Gasteiger partial charge in [-0.05, 0) is 19.5 Å². The molecule has 0 saturated carbocycles. The molecule has 16 heavy (non-hydrogen) atoms. The Morgan fingerprint density at radius 2 is 1.81 bits per heavy atom. The molecule has 0 amide bonds. The molecule has 0 unspecified atom stereocenters. The molecule has 0 aromatic heterocycles. The highest BCUT2D eigenvalue weighted by atomic mass is 16.4.